The molecule has 0 spiro atoms. The van der Waals surface area contributed by atoms with Crippen molar-refractivity contribution in [2.24, 2.45) is 11.3 Å². The maximum Gasteiger partial charge on any atom is 0.327 e. The lowest BCUT2D eigenvalue weighted by Crippen LogP contribution is -2.41. The third-order valence-electron chi connectivity index (χ3n) is 6.98. The van der Waals surface area contributed by atoms with Gasteiger partial charge in [-0.05, 0) is 46.8 Å². The molecule has 0 saturated heterocycles. The first kappa shape index (κ1) is 35.8. The van der Waals surface area contributed by atoms with Gasteiger partial charge in [-0.25, -0.2) is 0 Å². The van der Waals surface area contributed by atoms with Crippen molar-refractivity contribution in [1.82, 2.24) is 0 Å². The number of aliphatic hydroxyl groups excluding tert-OH is 1. The summed E-state index contributed by atoms with van der Waals surface area (Å²) in [6, 6.07) is 4.49. The van der Waals surface area contributed by atoms with Crippen molar-refractivity contribution in [3.05, 3.63) is 34.4 Å². The summed E-state index contributed by atoms with van der Waals surface area (Å²) in [5, 5.41) is 10.4. The highest BCUT2D eigenvalue weighted by Crippen LogP contribution is 2.45. The van der Waals surface area contributed by atoms with E-state index in [1.54, 1.807) is 0 Å². The van der Waals surface area contributed by atoms with Gasteiger partial charge < -0.3 is 38.5 Å². The van der Waals surface area contributed by atoms with Crippen LogP contribution in [0, 0.1) is 18.3 Å². The first-order valence-electron chi connectivity index (χ1n) is 13.5. The van der Waals surface area contributed by atoms with Gasteiger partial charge >= 0.3 is 17.2 Å². The molecular formula is C28H52O8P2. The summed E-state index contributed by atoms with van der Waals surface area (Å²) >= 11 is 0. The van der Waals surface area contributed by atoms with Crippen molar-refractivity contribution in [2.45, 2.75) is 105 Å². The Morgan fingerprint density at radius 2 is 1.29 bits per heavy atom. The molecule has 0 heterocycles. The summed E-state index contributed by atoms with van der Waals surface area (Å²) < 4.78 is 17.0. The molecule has 0 fully saturated rings. The molecule has 2 unspecified atom stereocenters. The predicted octanol–water partition coefficient (Wildman–Crippen LogP) is 6.30. The van der Waals surface area contributed by atoms with Crippen LogP contribution in [0.4, 0.5) is 0 Å². The van der Waals surface area contributed by atoms with Crippen LogP contribution in [0.5, 0.6) is 0 Å². The Morgan fingerprint density at radius 3 is 1.63 bits per heavy atom. The second-order valence-electron chi connectivity index (χ2n) is 12.5. The Balaban J connectivity index is 3.76. The molecular weight excluding hydrogens is 526 g/mol. The minimum Gasteiger partial charge on any atom is -0.396 e. The number of hydrogen-bond donors (Lipinski definition) is 5. The summed E-state index contributed by atoms with van der Waals surface area (Å²) in [5.41, 5.74) is 3.24. The summed E-state index contributed by atoms with van der Waals surface area (Å²) in [6.45, 7) is 18.6. The Labute approximate surface area is 232 Å². The summed E-state index contributed by atoms with van der Waals surface area (Å²) in [4.78, 5) is 37.5. The van der Waals surface area contributed by atoms with Crippen LogP contribution in [0.3, 0.4) is 0 Å². The van der Waals surface area contributed by atoms with Gasteiger partial charge in [0.1, 0.15) is 0 Å². The van der Waals surface area contributed by atoms with Crippen LogP contribution in [0.15, 0.2) is 12.1 Å². The fourth-order valence-corrected chi connectivity index (χ4v) is 5.53. The van der Waals surface area contributed by atoms with Crippen LogP contribution in [0.1, 0.15) is 109 Å². The molecule has 1 aromatic rings. The van der Waals surface area contributed by atoms with Crippen molar-refractivity contribution in [3.8, 4) is 0 Å². The molecule has 0 bridgehead atoms. The Morgan fingerprint density at radius 1 is 0.816 bits per heavy atom. The third-order valence-corrected chi connectivity index (χ3v) is 7.70. The quantitative estimate of drug-likeness (QED) is 0.145. The van der Waals surface area contributed by atoms with Gasteiger partial charge in [0.15, 0.2) is 0 Å². The molecule has 0 aliphatic rings. The molecule has 1 rings (SSSR count). The van der Waals surface area contributed by atoms with Gasteiger partial charge in [0.25, 0.3) is 0 Å². The maximum atomic E-state index is 10.4. The average Bonchev–Trinajstić information content (AvgIpc) is 2.81. The van der Waals surface area contributed by atoms with E-state index in [1.165, 1.54) is 16.7 Å². The highest BCUT2D eigenvalue weighted by Gasteiger charge is 2.38. The van der Waals surface area contributed by atoms with Crippen LogP contribution in [-0.2, 0) is 24.6 Å². The zero-order valence-electron chi connectivity index (χ0n) is 24.8. The lowest BCUT2D eigenvalue weighted by Gasteiger charge is -2.39. The molecule has 0 amide bonds. The summed E-state index contributed by atoms with van der Waals surface area (Å²) in [7, 11) is -5.35. The number of ether oxygens (including phenoxy) is 1. The molecule has 0 saturated carbocycles. The van der Waals surface area contributed by atoms with Crippen molar-refractivity contribution in [1.29, 1.82) is 0 Å². The van der Waals surface area contributed by atoms with Crippen LogP contribution in [0.2, 0.25) is 0 Å². The number of aliphatic hydroxyl groups is 1. The molecule has 0 aromatic heterocycles. The minimum absolute atomic E-state index is 0.0375. The van der Waals surface area contributed by atoms with Gasteiger partial charge in [-0.2, -0.15) is 0 Å². The van der Waals surface area contributed by atoms with E-state index in [2.05, 4.69) is 74.4 Å². The fraction of sp³-hybridized carbons (Fsp3) is 0.786. The van der Waals surface area contributed by atoms with E-state index in [0.717, 1.165) is 31.2 Å². The predicted molar refractivity (Wildman–Crippen MR) is 155 cm³/mol. The van der Waals surface area contributed by atoms with Gasteiger partial charge in [-0.3, -0.25) is 0 Å². The molecule has 0 aliphatic heterocycles. The van der Waals surface area contributed by atoms with Crippen LogP contribution < -0.4 is 0 Å². The van der Waals surface area contributed by atoms with Crippen molar-refractivity contribution < 1.29 is 38.5 Å². The summed E-state index contributed by atoms with van der Waals surface area (Å²) in [6.07, 6.45) is 3.66. The van der Waals surface area contributed by atoms with Gasteiger partial charge in [0.2, 0.25) is 0 Å². The Hall–Kier alpha value is -0.240. The molecule has 2 atom stereocenters. The second kappa shape index (κ2) is 15.7. The molecule has 222 valence electrons. The van der Waals surface area contributed by atoms with Crippen LogP contribution in [-0.4, -0.2) is 51.1 Å². The van der Waals surface area contributed by atoms with E-state index in [9.17, 15) is 24.7 Å². The number of rotatable bonds is 16. The number of benzene rings is 1. The standard InChI is InChI=1S/C28H52O8P2/c1-10-12-13-21(11-2)25(34-17-28(16-29,18-35-37(30)31)19-36-38(32)33)24-22(26(4,5)6)14-20(3)15-23(24)27(7,8)9/h14-15,21,25,29-33H,10-13,16-19H2,1-9H3. The topological polar surface area (TPSA) is 129 Å². The van der Waals surface area contributed by atoms with E-state index in [-0.39, 0.29) is 42.7 Å². The van der Waals surface area contributed by atoms with Crippen molar-refractivity contribution >= 4 is 17.2 Å². The van der Waals surface area contributed by atoms with Gasteiger partial charge in [-0.1, -0.05) is 92.3 Å². The Bertz CT molecular complexity index is 786. The number of hydrogen-bond acceptors (Lipinski definition) is 8. The normalized spacial score (nSPS) is 14.9. The molecule has 8 nitrogen and oxygen atoms in total. The number of aryl methyl sites for hydroxylation is 1. The van der Waals surface area contributed by atoms with Crippen LogP contribution >= 0.6 is 17.2 Å². The zero-order valence-corrected chi connectivity index (χ0v) is 26.6. The molecule has 5 N–H and O–H groups in total. The monoisotopic (exact) mass is 578 g/mol. The lowest BCUT2D eigenvalue weighted by atomic mass is 9.71. The first-order valence-corrected chi connectivity index (χ1v) is 15.8. The van der Waals surface area contributed by atoms with Gasteiger partial charge in [0, 0.05) is 0 Å². The van der Waals surface area contributed by atoms with Crippen LogP contribution in [0.25, 0.3) is 0 Å². The van der Waals surface area contributed by atoms with E-state index < -0.39 is 29.2 Å². The van der Waals surface area contributed by atoms with E-state index in [0.29, 0.717) is 0 Å². The SMILES string of the molecule is CCCCC(CC)C(OCC(CO)(COP(O)O)COP(O)O)c1c(C(C)(C)C)cc(C)cc1C(C)(C)C. The molecule has 0 aliphatic carbocycles. The van der Waals surface area contributed by atoms with E-state index >= 15 is 0 Å². The smallest absolute Gasteiger partial charge is 0.327 e. The highest BCUT2D eigenvalue weighted by atomic mass is 31.2. The Kier molecular flexibility index (Phi) is 14.8. The maximum absolute atomic E-state index is 10.4. The van der Waals surface area contributed by atoms with Gasteiger partial charge in [0.05, 0.1) is 37.9 Å². The minimum atomic E-state index is -2.68. The van der Waals surface area contributed by atoms with Crippen molar-refractivity contribution in [3.63, 3.8) is 0 Å². The molecule has 38 heavy (non-hydrogen) atoms. The fourth-order valence-electron chi connectivity index (χ4n) is 4.75. The van der Waals surface area contributed by atoms with E-state index in [1.807, 2.05) is 0 Å². The molecule has 0 radical (unpaired) electrons. The highest BCUT2D eigenvalue weighted by molar-refractivity contribution is 7.39. The largest absolute Gasteiger partial charge is 0.396 e. The van der Waals surface area contributed by atoms with Crippen molar-refractivity contribution in [2.75, 3.05) is 26.4 Å². The molecule has 10 heteroatoms. The summed E-state index contributed by atoms with van der Waals surface area (Å²) in [5.74, 6) is 0.193. The van der Waals surface area contributed by atoms with E-state index in [4.69, 9.17) is 13.8 Å². The number of unbranched alkanes of at least 4 members (excludes halogenated alkanes) is 1. The zero-order chi connectivity index (χ0) is 29.3. The second-order valence-corrected chi connectivity index (χ2v) is 14.1. The third kappa shape index (κ3) is 11.0. The molecule has 1 aromatic carbocycles. The first-order chi connectivity index (χ1) is 17.5. The lowest BCUT2D eigenvalue weighted by molar-refractivity contribution is -0.0906. The van der Waals surface area contributed by atoms with Gasteiger partial charge in [-0.15, -0.1) is 0 Å². The average molecular weight is 579 g/mol.